The number of rotatable bonds is 4. The Bertz CT molecular complexity index is 451. The maximum Gasteiger partial charge on any atom is 0.416 e. The molecule has 1 unspecified atom stereocenters. The molecule has 0 amide bonds. The minimum Gasteiger partial charge on any atom is -0.598 e. The molecule has 0 aliphatic rings. The summed E-state index contributed by atoms with van der Waals surface area (Å²) in [5.41, 5.74) is 0.0290. The minimum atomic E-state index is -4.34. The fourth-order valence-corrected chi connectivity index (χ4v) is 2.75. The molecular formula is C15H22F3NOS. The largest absolute Gasteiger partial charge is 0.598 e. The van der Waals surface area contributed by atoms with Crippen molar-refractivity contribution in [3.63, 3.8) is 0 Å². The van der Waals surface area contributed by atoms with E-state index in [1.54, 1.807) is 0 Å². The third kappa shape index (κ3) is 5.20. The lowest BCUT2D eigenvalue weighted by Crippen LogP contribution is -2.42. The Morgan fingerprint density at radius 3 is 1.86 bits per heavy atom. The third-order valence-corrected chi connectivity index (χ3v) is 4.63. The van der Waals surface area contributed by atoms with E-state index in [1.807, 2.05) is 34.6 Å². The zero-order valence-electron chi connectivity index (χ0n) is 12.9. The number of hydrogen-bond acceptors (Lipinski definition) is 2. The number of halogens is 3. The van der Waals surface area contributed by atoms with Gasteiger partial charge in [-0.15, -0.1) is 4.72 Å². The van der Waals surface area contributed by atoms with Crippen LogP contribution in [0.3, 0.4) is 0 Å². The van der Waals surface area contributed by atoms with Crippen LogP contribution in [-0.2, 0) is 17.5 Å². The number of benzene rings is 1. The zero-order valence-corrected chi connectivity index (χ0v) is 13.7. The Kier molecular flexibility index (Phi) is 5.75. The van der Waals surface area contributed by atoms with Gasteiger partial charge in [0.1, 0.15) is 4.75 Å². The lowest BCUT2D eigenvalue weighted by Gasteiger charge is -2.30. The van der Waals surface area contributed by atoms with E-state index in [9.17, 15) is 17.7 Å². The van der Waals surface area contributed by atoms with Crippen LogP contribution in [0, 0.1) is 5.92 Å². The van der Waals surface area contributed by atoms with Crippen LogP contribution < -0.4 is 4.72 Å². The summed E-state index contributed by atoms with van der Waals surface area (Å²) in [4.78, 5) is 0. The Hall–Kier alpha value is -0.720. The van der Waals surface area contributed by atoms with Crippen LogP contribution in [-0.4, -0.2) is 9.30 Å². The molecule has 120 valence electrons. The van der Waals surface area contributed by atoms with Crippen molar-refractivity contribution in [2.24, 2.45) is 5.92 Å². The summed E-state index contributed by atoms with van der Waals surface area (Å²) < 4.78 is 52.5. The minimum absolute atomic E-state index is 0.105. The molecule has 1 aromatic carbocycles. The van der Waals surface area contributed by atoms with Crippen molar-refractivity contribution in [1.82, 2.24) is 4.72 Å². The van der Waals surface area contributed by atoms with Gasteiger partial charge in [-0.3, -0.25) is 0 Å². The second-order valence-electron chi connectivity index (χ2n) is 6.34. The van der Waals surface area contributed by atoms with Gasteiger partial charge in [-0.25, -0.2) is 0 Å². The second kappa shape index (κ2) is 6.58. The summed E-state index contributed by atoms with van der Waals surface area (Å²) in [5, 5.41) is 0. The molecule has 2 nitrogen and oxygen atoms in total. The van der Waals surface area contributed by atoms with E-state index in [1.165, 1.54) is 12.1 Å². The Balaban J connectivity index is 2.97. The van der Waals surface area contributed by atoms with E-state index in [-0.39, 0.29) is 12.0 Å². The third-order valence-electron chi connectivity index (χ3n) is 3.05. The maximum atomic E-state index is 12.6. The molecule has 0 aromatic heterocycles. The summed E-state index contributed by atoms with van der Waals surface area (Å²) in [6.45, 7) is 9.42. The molecule has 0 aliphatic carbocycles. The molecule has 0 spiro atoms. The van der Waals surface area contributed by atoms with Crippen LogP contribution in [0.15, 0.2) is 24.3 Å². The standard InChI is InChI=1S/C15H22F3NOS/c1-10(2)13(19-21(20)14(3,4)5)11-6-8-12(9-7-11)15(16,17)18/h6-10,13,19H,1-5H3/t13-,21?/m0/s1. The van der Waals surface area contributed by atoms with Gasteiger partial charge < -0.3 is 4.55 Å². The molecule has 0 aliphatic heterocycles. The lowest BCUT2D eigenvalue weighted by atomic mass is 9.96. The quantitative estimate of drug-likeness (QED) is 0.831. The van der Waals surface area contributed by atoms with Gasteiger partial charge in [0.15, 0.2) is 0 Å². The smallest absolute Gasteiger partial charge is 0.416 e. The molecule has 2 atom stereocenters. The molecule has 0 saturated heterocycles. The SMILES string of the molecule is CC(C)[C@H](N[S+]([O-])C(C)(C)C)c1ccc(C(F)(F)F)cc1. The predicted octanol–water partition coefficient (Wildman–Crippen LogP) is 4.45. The number of hydrogen-bond donors (Lipinski definition) is 1. The first kappa shape index (κ1) is 18.3. The van der Waals surface area contributed by atoms with Crippen LogP contribution >= 0.6 is 0 Å². The Morgan fingerprint density at radius 2 is 1.52 bits per heavy atom. The Morgan fingerprint density at radius 1 is 1.05 bits per heavy atom. The first-order valence-corrected chi connectivity index (χ1v) is 7.93. The normalized spacial score (nSPS) is 16.1. The van der Waals surface area contributed by atoms with Gasteiger partial charge in [-0.05, 0) is 44.4 Å². The molecule has 0 fully saturated rings. The fourth-order valence-electron chi connectivity index (χ4n) is 1.76. The van der Waals surface area contributed by atoms with Crippen molar-refractivity contribution in [3.8, 4) is 0 Å². The van der Waals surface area contributed by atoms with E-state index >= 15 is 0 Å². The first-order chi connectivity index (χ1) is 9.43. The van der Waals surface area contributed by atoms with Gasteiger partial charge in [0.2, 0.25) is 0 Å². The van der Waals surface area contributed by atoms with Crippen molar-refractivity contribution in [3.05, 3.63) is 35.4 Å². The number of nitrogens with one attached hydrogen (secondary N) is 1. The molecule has 0 heterocycles. The molecule has 1 aromatic rings. The van der Waals surface area contributed by atoms with E-state index in [2.05, 4.69) is 4.72 Å². The molecule has 21 heavy (non-hydrogen) atoms. The lowest BCUT2D eigenvalue weighted by molar-refractivity contribution is -0.137. The van der Waals surface area contributed by atoms with Crippen molar-refractivity contribution < 1.29 is 17.7 Å². The van der Waals surface area contributed by atoms with E-state index in [0.717, 1.165) is 12.1 Å². The highest BCUT2D eigenvalue weighted by molar-refractivity contribution is 7.90. The van der Waals surface area contributed by atoms with E-state index in [4.69, 9.17) is 0 Å². The second-order valence-corrected chi connectivity index (χ2v) is 8.34. The van der Waals surface area contributed by atoms with Crippen molar-refractivity contribution in [2.75, 3.05) is 0 Å². The molecular weight excluding hydrogens is 299 g/mol. The highest BCUT2D eigenvalue weighted by atomic mass is 32.2. The molecule has 0 bridgehead atoms. The molecule has 0 radical (unpaired) electrons. The maximum absolute atomic E-state index is 12.6. The van der Waals surface area contributed by atoms with Gasteiger partial charge in [0.25, 0.3) is 0 Å². The molecule has 1 rings (SSSR count). The first-order valence-electron chi connectivity index (χ1n) is 6.78. The van der Waals surface area contributed by atoms with Gasteiger partial charge in [0, 0.05) is 11.4 Å². The van der Waals surface area contributed by atoms with Gasteiger partial charge in [-0.2, -0.15) is 13.2 Å². The molecule has 1 N–H and O–H groups in total. The van der Waals surface area contributed by atoms with Gasteiger partial charge >= 0.3 is 6.18 Å². The van der Waals surface area contributed by atoms with Gasteiger partial charge in [0.05, 0.1) is 11.6 Å². The summed E-state index contributed by atoms with van der Waals surface area (Å²) in [7, 11) is 0. The van der Waals surface area contributed by atoms with Crippen LogP contribution in [0.5, 0.6) is 0 Å². The summed E-state index contributed by atoms with van der Waals surface area (Å²) in [6, 6.07) is 4.76. The predicted molar refractivity (Wildman–Crippen MR) is 80.1 cm³/mol. The summed E-state index contributed by atoms with van der Waals surface area (Å²) >= 11 is -1.28. The average Bonchev–Trinajstić information content (AvgIpc) is 2.33. The number of alkyl halides is 3. The van der Waals surface area contributed by atoms with Crippen molar-refractivity contribution in [2.45, 2.75) is 51.6 Å². The van der Waals surface area contributed by atoms with E-state index in [0.29, 0.717) is 5.56 Å². The highest BCUT2D eigenvalue weighted by Crippen LogP contribution is 2.31. The highest BCUT2D eigenvalue weighted by Gasteiger charge is 2.33. The van der Waals surface area contributed by atoms with Crippen LogP contribution in [0.25, 0.3) is 0 Å². The monoisotopic (exact) mass is 321 g/mol. The summed E-state index contributed by atoms with van der Waals surface area (Å²) in [5.74, 6) is 0.105. The fraction of sp³-hybridized carbons (Fsp3) is 0.600. The van der Waals surface area contributed by atoms with Crippen molar-refractivity contribution in [1.29, 1.82) is 0 Å². The van der Waals surface area contributed by atoms with Crippen molar-refractivity contribution >= 4 is 11.4 Å². The molecule has 0 saturated carbocycles. The van der Waals surface area contributed by atoms with Crippen LogP contribution in [0.1, 0.15) is 51.8 Å². The van der Waals surface area contributed by atoms with Gasteiger partial charge in [-0.1, -0.05) is 26.0 Å². The molecule has 6 heteroatoms. The summed E-state index contributed by atoms with van der Waals surface area (Å²) in [6.07, 6.45) is -4.34. The zero-order chi connectivity index (χ0) is 16.4. The average molecular weight is 321 g/mol. The topological polar surface area (TPSA) is 35.1 Å². The Labute approximate surface area is 127 Å². The van der Waals surface area contributed by atoms with Crippen LogP contribution in [0.2, 0.25) is 0 Å². The van der Waals surface area contributed by atoms with Crippen LogP contribution in [0.4, 0.5) is 13.2 Å². The van der Waals surface area contributed by atoms with E-state index < -0.39 is 27.8 Å².